The van der Waals surface area contributed by atoms with Crippen molar-refractivity contribution in [2.24, 2.45) is 14.1 Å². The van der Waals surface area contributed by atoms with Crippen molar-refractivity contribution in [2.75, 3.05) is 0 Å². The van der Waals surface area contributed by atoms with Crippen LogP contribution in [0.3, 0.4) is 0 Å². The average molecular weight is 551 g/mol. The van der Waals surface area contributed by atoms with Crippen LogP contribution in [0.4, 0.5) is 0 Å². The van der Waals surface area contributed by atoms with Gasteiger partial charge in [0.2, 0.25) is 11.4 Å². The van der Waals surface area contributed by atoms with E-state index in [1.165, 1.54) is 0 Å². The van der Waals surface area contributed by atoms with Gasteiger partial charge in [-0.15, -0.1) is 18.7 Å². The molecule has 8 nitrogen and oxygen atoms in total. The Balaban J connectivity index is 1.16. The molecule has 5 aromatic rings. The molecule has 0 aliphatic carbocycles. The van der Waals surface area contributed by atoms with Crippen LogP contribution >= 0.6 is 23.2 Å². The van der Waals surface area contributed by atoms with E-state index in [0.717, 1.165) is 44.1 Å². The summed E-state index contributed by atoms with van der Waals surface area (Å²) in [5.41, 5.74) is 4.15. The molecular formula is C28H28Cl2N6O2+2. The smallest absolute Gasteiger partial charge is 0.204 e. The molecule has 0 aliphatic rings. The van der Waals surface area contributed by atoms with E-state index in [1.54, 1.807) is 0 Å². The summed E-state index contributed by atoms with van der Waals surface area (Å²) in [5, 5.41) is 10.5. The molecule has 10 heteroatoms. The molecule has 0 aliphatic heterocycles. The number of aryl methyl sites for hydroxylation is 2. The normalized spacial score (nSPS) is 11.1. The third kappa shape index (κ3) is 6.70. The Hall–Kier alpha value is -3.88. The molecule has 2 aromatic heterocycles. The van der Waals surface area contributed by atoms with E-state index in [0.29, 0.717) is 26.3 Å². The van der Waals surface area contributed by atoms with Crippen LogP contribution in [0.15, 0.2) is 85.2 Å². The van der Waals surface area contributed by atoms with Gasteiger partial charge in [0.25, 0.3) is 0 Å². The minimum Gasteiger partial charge on any atom is -0.485 e. The molecular weight excluding hydrogens is 523 g/mol. The van der Waals surface area contributed by atoms with Crippen LogP contribution < -0.4 is 18.8 Å². The lowest BCUT2D eigenvalue weighted by Crippen LogP contribution is -2.36. The fourth-order valence-electron chi connectivity index (χ4n) is 3.96. The standard InChI is InChI=1S/C28H28Cl2N6O2/c1-33-25(17-35(31-33)15-21-6-10-23(29)11-7-21)19-37-27-4-3-5-28(14-27)38-20-26-18-36(32-34(26)2)16-22-8-12-24(30)13-9-22/h3-14,17-18H,15-16,19-20H2,1-2H3/q+2. The molecule has 3 aromatic carbocycles. The zero-order valence-corrected chi connectivity index (χ0v) is 22.7. The second-order valence-corrected chi connectivity index (χ2v) is 9.84. The van der Waals surface area contributed by atoms with E-state index >= 15 is 0 Å². The molecule has 0 saturated heterocycles. The molecule has 0 spiro atoms. The van der Waals surface area contributed by atoms with Crippen LogP contribution in [0.5, 0.6) is 11.5 Å². The number of ether oxygens (including phenoxy) is 2. The van der Waals surface area contributed by atoms with Gasteiger partial charge in [-0.25, -0.2) is 0 Å². The van der Waals surface area contributed by atoms with E-state index < -0.39 is 0 Å². The number of benzene rings is 3. The Bertz CT molecular complexity index is 1400. The second-order valence-electron chi connectivity index (χ2n) is 8.97. The van der Waals surface area contributed by atoms with Crippen molar-refractivity contribution >= 4 is 23.2 Å². The summed E-state index contributed by atoms with van der Waals surface area (Å²) in [6.07, 6.45) is 3.97. The van der Waals surface area contributed by atoms with Crippen molar-refractivity contribution < 1.29 is 18.8 Å². The molecule has 0 bridgehead atoms. The first-order chi connectivity index (χ1) is 18.4. The van der Waals surface area contributed by atoms with Gasteiger partial charge in [0.15, 0.2) is 25.6 Å². The lowest BCUT2D eigenvalue weighted by atomic mass is 10.2. The Morgan fingerprint density at radius 1 is 0.658 bits per heavy atom. The fourth-order valence-corrected chi connectivity index (χ4v) is 4.21. The van der Waals surface area contributed by atoms with E-state index in [9.17, 15) is 0 Å². The first-order valence-corrected chi connectivity index (χ1v) is 12.9. The lowest BCUT2D eigenvalue weighted by Gasteiger charge is -2.07. The van der Waals surface area contributed by atoms with E-state index in [2.05, 4.69) is 10.4 Å². The summed E-state index contributed by atoms with van der Waals surface area (Å²) in [6, 6.07) is 23.1. The molecule has 0 unspecified atom stereocenters. The van der Waals surface area contributed by atoms with Gasteiger partial charge in [-0.05, 0) is 47.5 Å². The van der Waals surface area contributed by atoms with Gasteiger partial charge in [-0.3, -0.25) is 0 Å². The Morgan fingerprint density at radius 2 is 1.08 bits per heavy atom. The topological polar surface area (TPSA) is 61.9 Å². The van der Waals surface area contributed by atoms with Gasteiger partial charge in [0, 0.05) is 16.1 Å². The van der Waals surface area contributed by atoms with Crippen molar-refractivity contribution in [3.8, 4) is 11.5 Å². The fraction of sp³-hybridized carbons (Fsp3) is 0.214. The third-order valence-corrected chi connectivity index (χ3v) is 6.52. The molecule has 0 saturated carbocycles. The van der Waals surface area contributed by atoms with Crippen molar-refractivity contribution in [2.45, 2.75) is 26.3 Å². The Kier molecular flexibility index (Phi) is 7.91. The largest absolute Gasteiger partial charge is 0.485 e. The lowest BCUT2D eigenvalue weighted by molar-refractivity contribution is -0.747. The maximum Gasteiger partial charge on any atom is 0.204 e. The quantitative estimate of drug-likeness (QED) is 0.243. The highest BCUT2D eigenvalue weighted by Gasteiger charge is 2.16. The zero-order valence-electron chi connectivity index (χ0n) is 21.2. The molecule has 0 radical (unpaired) electrons. The minimum absolute atomic E-state index is 0.382. The highest BCUT2D eigenvalue weighted by Crippen LogP contribution is 2.21. The molecule has 0 atom stereocenters. The van der Waals surface area contributed by atoms with Gasteiger partial charge in [-0.2, -0.15) is 0 Å². The van der Waals surface area contributed by atoms with Crippen molar-refractivity contribution in [3.05, 3.63) is 118 Å². The number of halogens is 2. The molecule has 0 amide bonds. The van der Waals surface area contributed by atoms with Crippen LogP contribution in [-0.4, -0.2) is 19.8 Å². The predicted molar refractivity (Wildman–Crippen MR) is 143 cm³/mol. The molecule has 2 heterocycles. The summed E-state index contributed by atoms with van der Waals surface area (Å²) in [4.78, 5) is 0. The van der Waals surface area contributed by atoms with Gasteiger partial charge in [-0.1, -0.05) is 53.5 Å². The molecule has 5 rings (SSSR count). The number of aromatic nitrogens is 6. The summed E-state index contributed by atoms with van der Waals surface area (Å²) >= 11 is 12.0. The number of hydrogen-bond donors (Lipinski definition) is 0. The predicted octanol–water partition coefficient (Wildman–Crippen LogP) is 4.29. The Morgan fingerprint density at radius 3 is 1.50 bits per heavy atom. The third-order valence-electron chi connectivity index (χ3n) is 6.02. The van der Waals surface area contributed by atoms with Gasteiger partial charge < -0.3 is 9.47 Å². The Labute approximate surface area is 231 Å². The summed E-state index contributed by atoms with van der Waals surface area (Å²) < 4.78 is 19.5. The van der Waals surface area contributed by atoms with Crippen LogP contribution in [-0.2, 0) is 40.4 Å². The zero-order chi connectivity index (χ0) is 26.5. The van der Waals surface area contributed by atoms with Crippen molar-refractivity contribution in [1.82, 2.24) is 19.8 Å². The maximum atomic E-state index is 6.04. The van der Waals surface area contributed by atoms with Gasteiger partial charge >= 0.3 is 0 Å². The van der Waals surface area contributed by atoms with Gasteiger partial charge in [0.1, 0.15) is 38.7 Å². The maximum absolute atomic E-state index is 6.04. The van der Waals surface area contributed by atoms with Crippen LogP contribution in [0.2, 0.25) is 10.0 Å². The van der Waals surface area contributed by atoms with Crippen LogP contribution in [0.1, 0.15) is 22.5 Å². The van der Waals surface area contributed by atoms with Crippen molar-refractivity contribution in [3.63, 3.8) is 0 Å². The van der Waals surface area contributed by atoms with Gasteiger partial charge in [0.05, 0.1) is 10.4 Å². The van der Waals surface area contributed by atoms with Crippen LogP contribution in [0, 0.1) is 0 Å². The van der Waals surface area contributed by atoms with E-state index in [4.69, 9.17) is 32.7 Å². The first-order valence-electron chi connectivity index (χ1n) is 12.1. The molecule has 194 valence electrons. The number of nitrogens with zero attached hydrogens (tertiary/aromatic N) is 6. The number of hydrogen-bond acceptors (Lipinski definition) is 4. The summed E-state index contributed by atoms with van der Waals surface area (Å²) in [6.45, 7) is 2.07. The SMILES string of the molecule is Cn1n[n+](Cc2ccc(Cl)cc2)cc1COc1cccc(OCc2c[n+](Cc3ccc(Cl)cc3)nn2C)c1. The molecule has 0 N–H and O–H groups in total. The minimum atomic E-state index is 0.382. The number of rotatable bonds is 10. The molecule has 38 heavy (non-hydrogen) atoms. The summed E-state index contributed by atoms with van der Waals surface area (Å²) in [7, 11) is 3.81. The summed E-state index contributed by atoms with van der Waals surface area (Å²) in [5.74, 6) is 1.44. The van der Waals surface area contributed by atoms with E-state index in [1.807, 2.05) is 118 Å². The van der Waals surface area contributed by atoms with Crippen molar-refractivity contribution in [1.29, 1.82) is 0 Å². The van der Waals surface area contributed by atoms with E-state index in [-0.39, 0.29) is 0 Å². The van der Waals surface area contributed by atoms with Crippen LogP contribution in [0.25, 0.3) is 0 Å². The second kappa shape index (κ2) is 11.7. The monoisotopic (exact) mass is 550 g/mol. The average Bonchev–Trinajstić information content (AvgIpc) is 3.44. The first kappa shape index (κ1) is 25.8. The highest BCUT2D eigenvalue weighted by atomic mass is 35.5. The highest BCUT2D eigenvalue weighted by molar-refractivity contribution is 6.30. The molecule has 0 fully saturated rings.